The highest BCUT2D eigenvalue weighted by Gasteiger charge is 2.21. The molecule has 1 aliphatic heterocycles. The van der Waals surface area contributed by atoms with Crippen molar-refractivity contribution in [2.75, 3.05) is 40.3 Å². The van der Waals surface area contributed by atoms with Crippen LogP contribution in [0.3, 0.4) is 0 Å². The molecule has 1 aromatic heterocycles. The minimum absolute atomic E-state index is 0.0375. The Kier molecular flexibility index (Phi) is 6.08. The van der Waals surface area contributed by atoms with Gasteiger partial charge in [0.2, 0.25) is 5.91 Å². The van der Waals surface area contributed by atoms with Crippen LogP contribution in [0.25, 0.3) is 27.7 Å². The molecule has 1 aliphatic rings. The highest BCUT2D eigenvalue weighted by molar-refractivity contribution is 6.30. The Morgan fingerprint density at radius 3 is 2.48 bits per heavy atom. The fourth-order valence-corrected chi connectivity index (χ4v) is 4.23. The Bertz CT molecular complexity index is 1140. The molecule has 4 rings (SSSR count). The van der Waals surface area contributed by atoms with Crippen LogP contribution in [0, 0.1) is 6.92 Å². The maximum atomic E-state index is 12.9. The van der Waals surface area contributed by atoms with Crippen LogP contribution >= 0.6 is 11.6 Å². The SMILES string of the molecule is COc1c(/C(C)=C/C(=O)N2CCN(C)CC2)cc2c(-c3ccc(Cl)cc3)coc2c1C. The molecule has 0 aliphatic carbocycles. The molecule has 6 heteroatoms. The van der Waals surface area contributed by atoms with Gasteiger partial charge in [-0.25, -0.2) is 0 Å². The number of methoxy groups -OCH3 is 1. The van der Waals surface area contributed by atoms with Gasteiger partial charge in [0.05, 0.1) is 13.4 Å². The summed E-state index contributed by atoms with van der Waals surface area (Å²) in [4.78, 5) is 17.0. The van der Waals surface area contributed by atoms with Gasteiger partial charge in [-0.1, -0.05) is 23.7 Å². The number of hydrogen-bond donors (Lipinski definition) is 0. The molecule has 0 unspecified atom stereocenters. The van der Waals surface area contributed by atoms with Gasteiger partial charge in [-0.15, -0.1) is 0 Å². The second-order valence-corrected chi connectivity index (χ2v) is 8.51. The average Bonchev–Trinajstić information content (AvgIpc) is 3.19. The molecule has 3 aromatic rings. The van der Waals surface area contributed by atoms with Crippen LogP contribution in [0.1, 0.15) is 18.1 Å². The Morgan fingerprint density at radius 2 is 1.84 bits per heavy atom. The van der Waals surface area contributed by atoms with E-state index in [0.29, 0.717) is 5.02 Å². The number of hydrogen-bond acceptors (Lipinski definition) is 4. The summed E-state index contributed by atoms with van der Waals surface area (Å²) in [7, 11) is 3.73. The largest absolute Gasteiger partial charge is 0.496 e. The number of aryl methyl sites for hydroxylation is 1. The molecule has 5 nitrogen and oxygen atoms in total. The number of rotatable bonds is 4. The number of piperazine rings is 1. The van der Waals surface area contributed by atoms with Crippen molar-refractivity contribution in [3.05, 3.63) is 58.8 Å². The van der Waals surface area contributed by atoms with Crippen molar-refractivity contribution in [2.24, 2.45) is 0 Å². The van der Waals surface area contributed by atoms with Crippen molar-refractivity contribution in [1.82, 2.24) is 9.80 Å². The van der Waals surface area contributed by atoms with Crippen molar-refractivity contribution < 1.29 is 13.9 Å². The van der Waals surface area contributed by atoms with Gasteiger partial charge in [-0.2, -0.15) is 0 Å². The van der Waals surface area contributed by atoms with E-state index in [0.717, 1.165) is 70.7 Å². The summed E-state index contributed by atoms with van der Waals surface area (Å²) in [6.45, 7) is 7.22. The van der Waals surface area contributed by atoms with Crippen LogP contribution in [0.5, 0.6) is 5.75 Å². The summed E-state index contributed by atoms with van der Waals surface area (Å²) >= 11 is 6.06. The number of amides is 1. The van der Waals surface area contributed by atoms with Crippen molar-refractivity contribution in [2.45, 2.75) is 13.8 Å². The summed E-state index contributed by atoms with van der Waals surface area (Å²) in [5, 5.41) is 1.67. The first kappa shape index (κ1) is 21.5. The standard InChI is InChI=1S/C25H27ClN2O3/c1-16(13-23(29)28-11-9-27(3)10-12-28)20-14-21-22(18-5-7-19(26)8-6-18)15-31-25(21)17(2)24(20)30-4/h5-8,13-15H,9-12H2,1-4H3/b16-13+. The first-order valence-corrected chi connectivity index (χ1v) is 10.8. The maximum absolute atomic E-state index is 12.9. The van der Waals surface area contributed by atoms with Crippen LogP contribution in [0.4, 0.5) is 0 Å². The van der Waals surface area contributed by atoms with Gasteiger partial charge >= 0.3 is 0 Å². The lowest BCUT2D eigenvalue weighted by Gasteiger charge is -2.31. The topological polar surface area (TPSA) is 45.9 Å². The van der Waals surface area contributed by atoms with Crippen LogP contribution in [-0.2, 0) is 4.79 Å². The summed E-state index contributed by atoms with van der Waals surface area (Å²) in [6, 6.07) is 9.74. The molecule has 162 valence electrons. The first-order valence-electron chi connectivity index (χ1n) is 10.4. The number of fused-ring (bicyclic) bond motifs is 1. The summed E-state index contributed by atoms with van der Waals surface area (Å²) in [5.41, 5.74) is 5.46. The van der Waals surface area contributed by atoms with Crippen molar-refractivity contribution in [1.29, 1.82) is 0 Å². The third-order valence-electron chi connectivity index (χ3n) is 5.98. The molecule has 0 radical (unpaired) electrons. The Morgan fingerprint density at radius 1 is 1.16 bits per heavy atom. The van der Waals surface area contributed by atoms with E-state index in [2.05, 4.69) is 18.0 Å². The molecule has 0 N–H and O–H groups in total. The highest BCUT2D eigenvalue weighted by Crippen LogP contribution is 2.40. The molecule has 2 aromatic carbocycles. The predicted molar refractivity (Wildman–Crippen MR) is 126 cm³/mol. The van der Waals surface area contributed by atoms with Gasteiger partial charge < -0.3 is 19.0 Å². The van der Waals surface area contributed by atoms with Gasteiger partial charge in [-0.05, 0) is 50.2 Å². The van der Waals surface area contributed by atoms with Crippen molar-refractivity contribution in [3.8, 4) is 16.9 Å². The quantitative estimate of drug-likeness (QED) is 0.522. The second-order valence-electron chi connectivity index (χ2n) is 8.07. The Hall–Kier alpha value is -2.76. The minimum Gasteiger partial charge on any atom is -0.496 e. The fourth-order valence-electron chi connectivity index (χ4n) is 4.11. The van der Waals surface area contributed by atoms with Crippen LogP contribution in [0.15, 0.2) is 47.1 Å². The molecule has 0 spiro atoms. The number of allylic oxidation sites excluding steroid dienone is 1. The molecule has 31 heavy (non-hydrogen) atoms. The van der Waals surface area contributed by atoms with E-state index in [-0.39, 0.29) is 5.91 Å². The zero-order chi connectivity index (χ0) is 22.1. The fraction of sp³-hybridized carbons (Fsp3) is 0.320. The number of likely N-dealkylation sites (N-methyl/N-ethyl adjacent to an activating group) is 1. The van der Waals surface area contributed by atoms with Crippen LogP contribution in [-0.4, -0.2) is 56.0 Å². The summed E-state index contributed by atoms with van der Waals surface area (Å²) in [6.07, 6.45) is 3.48. The molecule has 0 atom stereocenters. The van der Waals surface area contributed by atoms with E-state index < -0.39 is 0 Å². The zero-order valence-electron chi connectivity index (χ0n) is 18.4. The molecule has 1 amide bonds. The van der Waals surface area contributed by atoms with E-state index >= 15 is 0 Å². The number of furan rings is 1. The van der Waals surface area contributed by atoms with Crippen LogP contribution < -0.4 is 4.74 Å². The number of carbonyl (C=O) groups is 1. The van der Waals surface area contributed by atoms with Gasteiger partial charge in [0.15, 0.2) is 0 Å². The summed E-state index contributed by atoms with van der Waals surface area (Å²) < 4.78 is 11.6. The first-order chi connectivity index (χ1) is 14.9. The molecular weight excluding hydrogens is 412 g/mol. The highest BCUT2D eigenvalue weighted by atomic mass is 35.5. The van der Waals surface area contributed by atoms with Gasteiger partial charge in [0, 0.05) is 59.4 Å². The molecule has 1 fully saturated rings. The third kappa shape index (κ3) is 4.21. The monoisotopic (exact) mass is 438 g/mol. The Labute approximate surface area is 187 Å². The van der Waals surface area contributed by atoms with E-state index in [1.54, 1.807) is 19.4 Å². The van der Waals surface area contributed by atoms with Gasteiger partial charge in [0.1, 0.15) is 11.3 Å². The lowest BCUT2D eigenvalue weighted by molar-refractivity contribution is -0.127. The van der Waals surface area contributed by atoms with Gasteiger partial charge in [-0.3, -0.25) is 4.79 Å². The van der Waals surface area contributed by atoms with Crippen LogP contribution in [0.2, 0.25) is 5.02 Å². The number of nitrogens with zero attached hydrogens (tertiary/aromatic N) is 2. The number of benzene rings is 2. The molecule has 0 saturated carbocycles. The van der Waals surface area contributed by atoms with E-state index in [4.69, 9.17) is 20.8 Å². The average molecular weight is 439 g/mol. The lowest BCUT2D eigenvalue weighted by atomic mass is 9.96. The smallest absolute Gasteiger partial charge is 0.246 e. The second kappa shape index (κ2) is 8.77. The molecule has 1 saturated heterocycles. The molecular formula is C25H27ClN2O3. The van der Waals surface area contributed by atoms with E-state index in [9.17, 15) is 4.79 Å². The normalized spacial score (nSPS) is 15.5. The lowest BCUT2D eigenvalue weighted by Crippen LogP contribution is -2.46. The number of halogens is 1. The number of carbonyl (C=O) groups excluding carboxylic acids is 1. The zero-order valence-corrected chi connectivity index (χ0v) is 19.1. The Balaban J connectivity index is 1.76. The third-order valence-corrected chi connectivity index (χ3v) is 6.24. The minimum atomic E-state index is 0.0375. The summed E-state index contributed by atoms with van der Waals surface area (Å²) in [5.74, 6) is 0.764. The molecule has 2 heterocycles. The predicted octanol–water partition coefficient (Wildman–Crippen LogP) is 5.25. The number of ether oxygens (including phenoxy) is 1. The van der Waals surface area contributed by atoms with E-state index in [1.807, 2.05) is 43.0 Å². The maximum Gasteiger partial charge on any atom is 0.246 e. The molecule has 0 bridgehead atoms. The van der Waals surface area contributed by atoms with E-state index in [1.165, 1.54) is 0 Å². The van der Waals surface area contributed by atoms with Crippen molar-refractivity contribution in [3.63, 3.8) is 0 Å². The van der Waals surface area contributed by atoms with Gasteiger partial charge in [0.25, 0.3) is 0 Å². The van der Waals surface area contributed by atoms with Crippen molar-refractivity contribution >= 4 is 34.1 Å².